The number of Topliss-reactive ketones (excluding diaryl/α,β-unsaturated/α-hetero) is 1. The molecule has 3 N–H and O–H groups in total. The predicted molar refractivity (Wildman–Crippen MR) is 108 cm³/mol. The van der Waals surface area contributed by atoms with Crippen molar-refractivity contribution in [1.82, 2.24) is 4.98 Å². The number of para-hydroxylation sites is 1. The Balaban J connectivity index is 1.74. The third kappa shape index (κ3) is 2.64. The van der Waals surface area contributed by atoms with Gasteiger partial charge in [0.1, 0.15) is 11.3 Å². The van der Waals surface area contributed by atoms with Gasteiger partial charge in [-0.25, -0.2) is 0 Å². The number of aromatic amines is 1. The molecule has 1 aliphatic carbocycles. The van der Waals surface area contributed by atoms with Crippen LogP contribution in [0.1, 0.15) is 55.8 Å². The highest BCUT2D eigenvalue weighted by Crippen LogP contribution is 2.48. The van der Waals surface area contributed by atoms with E-state index in [4.69, 9.17) is 0 Å². The molecule has 3 aromatic rings. The smallest absolute Gasteiger partial charge is 0.144 e. The topological polar surface area (TPSA) is 49.5 Å². The minimum absolute atomic E-state index is 0.0416. The Morgan fingerprint density at radius 3 is 2.52 bits per heavy atom. The van der Waals surface area contributed by atoms with Crippen molar-refractivity contribution in [3.63, 3.8) is 0 Å². The van der Waals surface area contributed by atoms with E-state index in [1.165, 1.54) is 27.7 Å². The van der Waals surface area contributed by atoms with Crippen LogP contribution < -0.4 is 5.32 Å². The summed E-state index contributed by atoms with van der Waals surface area (Å²) in [4.78, 5) is 16.4. The first-order chi connectivity index (χ1) is 13.0. The number of benzene rings is 2. The van der Waals surface area contributed by atoms with Gasteiger partial charge in [-0.05, 0) is 17.0 Å². The quantitative estimate of drug-likeness (QED) is 0.681. The fourth-order valence-corrected chi connectivity index (χ4v) is 5.72. The SMILES string of the molecule is CC1(C)CC(=O)C[C@@]2(C1)[NH2+]C[C@H](c1ccccc1)c1c2[nH]c2ccccc12. The first kappa shape index (κ1) is 16.8. The molecule has 1 spiro atoms. The fourth-order valence-electron chi connectivity index (χ4n) is 5.72. The molecule has 2 atom stereocenters. The Hall–Kier alpha value is -2.39. The number of aromatic nitrogens is 1. The molecule has 3 heteroatoms. The number of fused-ring (bicyclic) bond motifs is 4. The Kier molecular flexibility index (Phi) is 3.60. The zero-order valence-corrected chi connectivity index (χ0v) is 16.1. The van der Waals surface area contributed by atoms with E-state index >= 15 is 0 Å². The van der Waals surface area contributed by atoms with Crippen molar-refractivity contribution >= 4 is 16.7 Å². The summed E-state index contributed by atoms with van der Waals surface area (Å²) in [5, 5.41) is 3.77. The summed E-state index contributed by atoms with van der Waals surface area (Å²) in [6.45, 7) is 5.47. The lowest BCUT2D eigenvalue weighted by Gasteiger charge is -2.45. The lowest BCUT2D eigenvalue weighted by molar-refractivity contribution is -0.744. The molecule has 1 aromatic heterocycles. The predicted octanol–water partition coefficient (Wildman–Crippen LogP) is 3.85. The van der Waals surface area contributed by atoms with Crippen LogP contribution in [0.25, 0.3) is 10.9 Å². The molecule has 0 bridgehead atoms. The number of H-pyrrole nitrogens is 1. The van der Waals surface area contributed by atoms with Crippen LogP contribution in [0.2, 0.25) is 0 Å². The Labute approximate surface area is 160 Å². The van der Waals surface area contributed by atoms with Crippen LogP contribution >= 0.6 is 0 Å². The van der Waals surface area contributed by atoms with Crippen LogP contribution in [0.4, 0.5) is 0 Å². The normalized spacial score (nSPS) is 27.0. The number of hydrogen-bond acceptors (Lipinski definition) is 1. The van der Waals surface area contributed by atoms with Gasteiger partial charge in [0.2, 0.25) is 0 Å². The zero-order chi connectivity index (χ0) is 18.6. The molecule has 138 valence electrons. The second-order valence-corrected chi connectivity index (χ2v) is 9.25. The molecule has 1 fully saturated rings. The second-order valence-electron chi connectivity index (χ2n) is 9.25. The molecular formula is C24H27N2O+. The number of hydrogen-bond donors (Lipinski definition) is 2. The van der Waals surface area contributed by atoms with Crippen LogP contribution in [0.5, 0.6) is 0 Å². The van der Waals surface area contributed by atoms with Crippen molar-refractivity contribution in [1.29, 1.82) is 0 Å². The molecule has 0 unspecified atom stereocenters. The van der Waals surface area contributed by atoms with E-state index in [1.54, 1.807) is 0 Å². The Bertz CT molecular complexity index is 1020. The van der Waals surface area contributed by atoms with Crippen molar-refractivity contribution < 1.29 is 10.1 Å². The molecule has 2 heterocycles. The van der Waals surface area contributed by atoms with E-state index < -0.39 is 0 Å². The van der Waals surface area contributed by atoms with E-state index in [-0.39, 0.29) is 11.0 Å². The fraction of sp³-hybridized carbons (Fsp3) is 0.375. The van der Waals surface area contributed by atoms with Gasteiger partial charge in [-0.2, -0.15) is 0 Å². The van der Waals surface area contributed by atoms with Gasteiger partial charge in [-0.1, -0.05) is 62.4 Å². The Morgan fingerprint density at radius 1 is 1.00 bits per heavy atom. The lowest BCUT2D eigenvalue weighted by Crippen LogP contribution is -2.98. The molecule has 2 aromatic carbocycles. The van der Waals surface area contributed by atoms with Crippen molar-refractivity contribution in [3.05, 3.63) is 71.4 Å². The van der Waals surface area contributed by atoms with Gasteiger partial charge < -0.3 is 10.3 Å². The average Bonchev–Trinajstić information content (AvgIpc) is 3.02. The first-order valence-corrected chi connectivity index (χ1v) is 10.00. The van der Waals surface area contributed by atoms with Crippen molar-refractivity contribution in [2.75, 3.05) is 6.54 Å². The van der Waals surface area contributed by atoms with Gasteiger partial charge in [0.15, 0.2) is 0 Å². The molecule has 0 radical (unpaired) electrons. The molecular weight excluding hydrogens is 332 g/mol. The van der Waals surface area contributed by atoms with Gasteiger partial charge in [0.05, 0.1) is 24.6 Å². The maximum atomic E-state index is 12.7. The van der Waals surface area contributed by atoms with E-state index in [0.717, 1.165) is 13.0 Å². The van der Waals surface area contributed by atoms with Gasteiger partial charge in [0.25, 0.3) is 0 Å². The summed E-state index contributed by atoms with van der Waals surface area (Å²) < 4.78 is 0. The van der Waals surface area contributed by atoms with Gasteiger partial charge in [-0.15, -0.1) is 0 Å². The van der Waals surface area contributed by atoms with E-state index in [9.17, 15) is 4.79 Å². The number of rotatable bonds is 1. The molecule has 1 aliphatic heterocycles. The summed E-state index contributed by atoms with van der Waals surface area (Å²) >= 11 is 0. The van der Waals surface area contributed by atoms with Gasteiger partial charge in [-0.3, -0.25) is 4.79 Å². The first-order valence-electron chi connectivity index (χ1n) is 10.00. The number of nitrogens with one attached hydrogen (secondary N) is 1. The lowest BCUT2D eigenvalue weighted by atomic mass is 9.63. The molecule has 3 nitrogen and oxygen atoms in total. The third-order valence-corrected chi connectivity index (χ3v) is 6.52. The van der Waals surface area contributed by atoms with Crippen LogP contribution in [-0.4, -0.2) is 17.3 Å². The standard InChI is InChI=1S/C24H26N2O/c1-23(2)12-17(27)13-24(15-23)22-21(18-10-6-7-11-20(18)26-22)19(14-25-24)16-8-4-3-5-9-16/h3-11,19,25-26H,12-15H2,1-2H3/p+1/t19-,24+/m1/s1. The largest absolute Gasteiger partial charge is 0.353 e. The molecule has 0 saturated heterocycles. The highest BCUT2D eigenvalue weighted by molar-refractivity contribution is 5.88. The maximum Gasteiger partial charge on any atom is 0.144 e. The minimum atomic E-state index is -0.154. The van der Waals surface area contributed by atoms with E-state index in [1.807, 2.05) is 0 Å². The van der Waals surface area contributed by atoms with E-state index in [2.05, 4.69) is 78.7 Å². The third-order valence-electron chi connectivity index (χ3n) is 6.52. The van der Waals surface area contributed by atoms with Crippen LogP contribution in [-0.2, 0) is 10.3 Å². The molecule has 2 aliphatic rings. The van der Waals surface area contributed by atoms with Gasteiger partial charge in [0, 0.05) is 29.3 Å². The van der Waals surface area contributed by atoms with Crippen molar-refractivity contribution in [2.24, 2.45) is 5.41 Å². The number of nitrogens with two attached hydrogens (primary N) is 1. The monoisotopic (exact) mass is 359 g/mol. The van der Waals surface area contributed by atoms with Crippen LogP contribution in [0, 0.1) is 5.41 Å². The summed E-state index contributed by atoms with van der Waals surface area (Å²) in [6.07, 6.45) is 2.37. The minimum Gasteiger partial charge on any atom is -0.353 e. The van der Waals surface area contributed by atoms with Crippen molar-refractivity contribution in [2.45, 2.75) is 44.6 Å². The molecule has 27 heavy (non-hydrogen) atoms. The second kappa shape index (κ2) is 5.80. The number of ketones is 1. The van der Waals surface area contributed by atoms with Gasteiger partial charge >= 0.3 is 0 Å². The van der Waals surface area contributed by atoms with Crippen LogP contribution in [0.15, 0.2) is 54.6 Å². The number of carbonyl (C=O) groups is 1. The highest BCUT2D eigenvalue weighted by Gasteiger charge is 2.53. The van der Waals surface area contributed by atoms with E-state index in [0.29, 0.717) is 24.5 Å². The maximum absolute atomic E-state index is 12.7. The average molecular weight is 359 g/mol. The highest BCUT2D eigenvalue weighted by atomic mass is 16.1. The van der Waals surface area contributed by atoms with Crippen LogP contribution in [0.3, 0.4) is 0 Å². The molecule has 0 amide bonds. The number of carbonyl (C=O) groups excluding carboxylic acids is 1. The number of quaternary nitrogens is 1. The molecule has 5 rings (SSSR count). The Morgan fingerprint density at radius 2 is 1.74 bits per heavy atom. The summed E-state index contributed by atoms with van der Waals surface area (Å²) in [6, 6.07) is 19.4. The summed E-state index contributed by atoms with van der Waals surface area (Å²) in [5.74, 6) is 0.744. The summed E-state index contributed by atoms with van der Waals surface area (Å²) in [7, 11) is 0. The van der Waals surface area contributed by atoms with Crippen molar-refractivity contribution in [3.8, 4) is 0 Å². The molecule has 1 saturated carbocycles. The summed E-state index contributed by atoms with van der Waals surface area (Å²) in [5.41, 5.74) is 5.12. The zero-order valence-electron chi connectivity index (χ0n) is 16.1.